The zero-order chi connectivity index (χ0) is 13.9. The first-order valence-corrected chi connectivity index (χ1v) is 6.62. The fraction of sp³-hybridized carbons (Fsp3) is 0.0625. The monoisotopic (exact) mass is 286 g/mol. The molecule has 1 heterocycles. The van der Waals surface area contributed by atoms with Gasteiger partial charge in [-0.3, -0.25) is 4.68 Å². The van der Waals surface area contributed by atoms with E-state index in [9.17, 15) is 4.39 Å². The van der Waals surface area contributed by atoms with E-state index in [0.29, 0.717) is 17.1 Å². The summed E-state index contributed by atoms with van der Waals surface area (Å²) in [5, 5.41) is 4.98. The summed E-state index contributed by atoms with van der Waals surface area (Å²) >= 11 is 5.85. The molecule has 0 aliphatic carbocycles. The molecule has 0 aliphatic heterocycles. The van der Waals surface area contributed by atoms with Gasteiger partial charge in [-0.15, -0.1) is 0 Å². The van der Waals surface area contributed by atoms with Gasteiger partial charge in [-0.2, -0.15) is 5.10 Å². The van der Waals surface area contributed by atoms with E-state index >= 15 is 0 Å². The van der Waals surface area contributed by atoms with Crippen molar-refractivity contribution in [2.75, 3.05) is 0 Å². The van der Waals surface area contributed by atoms with Crippen molar-refractivity contribution in [2.45, 2.75) is 6.54 Å². The average Bonchev–Trinajstić information content (AvgIpc) is 2.90. The Bertz CT molecular complexity index is 719. The molecule has 0 amide bonds. The molecular formula is C16H12ClFN2. The van der Waals surface area contributed by atoms with Crippen molar-refractivity contribution < 1.29 is 4.39 Å². The molecule has 4 heteroatoms. The predicted molar refractivity (Wildman–Crippen MR) is 78.2 cm³/mol. The van der Waals surface area contributed by atoms with Crippen LogP contribution in [0.3, 0.4) is 0 Å². The molecule has 0 radical (unpaired) electrons. The Morgan fingerprint density at radius 2 is 1.80 bits per heavy atom. The van der Waals surface area contributed by atoms with Crippen LogP contribution in [-0.4, -0.2) is 9.78 Å². The van der Waals surface area contributed by atoms with Gasteiger partial charge in [0.25, 0.3) is 0 Å². The summed E-state index contributed by atoms with van der Waals surface area (Å²) in [6, 6.07) is 14.3. The third kappa shape index (κ3) is 2.73. The molecule has 100 valence electrons. The van der Waals surface area contributed by atoms with Crippen LogP contribution in [-0.2, 0) is 6.54 Å². The molecule has 2 aromatic carbocycles. The van der Waals surface area contributed by atoms with Gasteiger partial charge < -0.3 is 0 Å². The van der Waals surface area contributed by atoms with Crippen LogP contribution in [0.15, 0.2) is 60.9 Å². The van der Waals surface area contributed by atoms with Crippen LogP contribution in [0.5, 0.6) is 0 Å². The smallest absolute Gasteiger partial charge is 0.131 e. The molecule has 3 rings (SSSR count). The van der Waals surface area contributed by atoms with E-state index in [4.69, 9.17) is 11.6 Å². The third-order valence-electron chi connectivity index (χ3n) is 3.08. The zero-order valence-corrected chi connectivity index (χ0v) is 11.4. The van der Waals surface area contributed by atoms with Gasteiger partial charge in [0.1, 0.15) is 5.82 Å². The largest absolute Gasteiger partial charge is 0.268 e. The molecule has 3 aromatic rings. The van der Waals surface area contributed by atoms with Gasteiger partial charge in [0.05, 0.1) is 12.7 Å². The molecule has 0 N–H and O–H groups in total. The maximum absolute atomic E-state index is 13.7. The van der Waals surface area contributed by atoms with Gasteiger partial charge in [0, 0.05) is 22.3 Å². The summed E-state index contributed by atoms with van der Waals surface area (Å²) in [7, 11) is 0. The van der Waals surface area contributed by atoms with Crippen LogP contribution in [0, 0.1) is 5.82 Å². The van der Waals surface area contributed by atoms with Crippen molar-refractivity contribution in [3.63, 3.8) is 0 Å². The van der Waals surface area contributed by atoms with Crippen molar-refractivity contribution in [3.8, 4) is 11.1 Å². The molecule has 1 aromatic heterocycles. The highest BCUT2D eigenvalue weighted by atomic mass is 35.5. The number of nitrogens with zero attached hydrogens (tertiary/aromatic N) is 2. The highest BCUT2D eigenvalue weighted by Crippen LogP contribution is 2.22. The van der Waals surface area contributed by atoms with Crippen LogP contribution >= 0.6 is 11.6 Å². The average molecular weight is 287 g/mol. The first-order chi connectivity index (χ1) is 9.72. The Morgan fingerprint density at radius 1 is 1.05 bits per heavy atom. The number of benzene rings is 2. The maximum atomic E-state index is 13.7. The van der Waals surface area contributed by atoms with E-state index in [2.05, 4.69) is 5.10 Å². The lowest BCUT2D eigenvalue weighted by Gasteiger charge is -2.02. The minimum Gasteiger partial charge on any atom is -0.268 e. The van der Waals surface area contributed by atoms with Crippen molar-refractivity contribution in [2.24, 2.45) is 0 Å². The molecule has 0 unspecified atom stereocenters. The Labute approximate surface area is 121 Å². The number of hydrogen-bond donors (Lipinski definition) is 0. The van der Waals surface area contributed by atoms with Crippen LogP contribution in [0.4, 0.5) is 4.39 Å². The number of halogens is 2. The van der Waals surface area contributed by atoms with E-state index in [1.165, 1.54) is 6.07 Å². The summed E-state index contributed by atoms with van der Waals surface area (Å²) in [5.41, 5.74) is 2.43. The highest BCUT2D eigenvalue weighted by Gasteiger charge is 2.06. The van der Waals surface area contributed by atoms with Gasteiger partial charge in [0.15, 0.2) is 0 Å². The van der Waals surface area contributed by atoms with Gasteiger partial charge in [-0.05, 0) is 23.8 Å². The van der Waals surface area contributed by atoms with Gasteiger partial charge >= 0.3 is 0 Å². The molecule has 0 saturated heterocycles. The summed E-state index contributed by atoms with van der Waals surface area (Å²) in [5.74, 6) is -0.237. The highest BCUT2D eigenvalue weighted by molar-refractivity contribution is 6.30. The quantitative estimate of drug-likeness (QED) is 0.698. The summed E-state index contributed by atoms with van der Waals surface area (Å²) in [4.78, 5) is 0. The second kappa shape index (κ2) is 5.47. The van der Waals surface area contributed by atoms with Gasteiger partial charge in [-0.25, -0.2) is 4.39 Å². The predicted octanol–water partition coefficient (Wildman–Crippen LogP) is 4.39. The topological polar surface area (TPSA) is 17.8 Å². The molecule has 2 nitrogen and oxygen atoms in total. The molecule has 0 bridgehead atoms. The Hall–Kier alpha value is -2.13. The lowest BCUT2D eigenvalue weighted by atomic mass is 10.1. The molecule has 0 fully saturated rings. The van der Waals surface area contributed by atoms with Crippen LogP contribution in [0.2, 0.25) is 5.02 Å². The molecule has 0 spiro atoms. The third-order valence-corrected chi connectivity index (χ3v) is 3.33. The van der Waals surface area contributed by atoms with Crippen molar-refractivity contribution >= 4 is 11.6 Å². The first kappa shape index (κ1) is 12.9. The number of rotatable bonds is 3. The maximum Gasteiger partial charge on any atom is 0.131 e. The fourth-order valence-electron chi connectivity index (χ4n) is 2.06. The van der Waals surface area contributed by atoms with E-state index in [1.807, 2.05) is 36.5 Å². The van der Waals surface area contributed by atoms with Crippen molar-refractivity contribution in [3.05, 3.63) is 77.3 Å². The summed E-state index contributed by atoms with van der Waals surface area (Å²) in [6.45, 7) is 0.631. The van der Waals surface area contributed by atoms with Crippen molar-refractivity contribution in [1.29, 1.82) is 0 Å². The number of hydrogen-bond acceptors (Lipinski definition) is 1. The summed E-state index contributed by atoms with van der Waals surface area (Å²) in [6.07, 6.45) is 3.52. The Kier molecular flexibility index (Phi) is 3.52. The Balaban J connectivity index is 1.84. The minimum absolute atomic E-state index is 0.237. The normalized spacial score (nSPS) is 10.7. The molecule has 0 aliphatic rings. The van der Waals surface area contributed by atoms with Crippen LogP contribution in [0.1, 0.15) is 5.56 Å². The van der Waals surface area contributed by atoms with Gasteiger partial charge in [0.2, 0.25) is 0 Å². The first-order valence-electron chi connectivity index (χ1n) is 6.24. The van der Waals surface area contributed by atoms with E-state index in [-0.39, 0.29) is 5.82 Å². The van der Waals surface area contributed by atoms with Crippen LogP contribution in [0.25, 0.3) is 11.1 Å². The SMILES string of the molecule is Fc1ccccc1-c1cnn(Cc2ccc(Cl)cc2)c1. The molecule has 20 heavy (non-hydrogen) atoms. The Morgan fingerprint density at radius 3 is 2.55 bits per heavy atom. The standard InChI is InChI=1S/C16H12ClFN2/c17-14-7-5-12(6-8-14)10-20-11-13(9-19-20)15-3-1-2-4-16(15)18/h1-9,11H,10H2. The molecule has 0 atom stereocenters. The lowest BCUT2D eigenvalue weighted by molar-refractivity contribution is 0.631. The zero-order valence-electron chi connectivity index (χ0n) is 10.6. The van der Waals surface area contributed by atoms with E-state index < -0.39 is 0 Å². The van der Waals surface area contributed by atoms with E-state index in [1.54, 1.807) is 23.0 Å². The number of aromatic nitrogens is 2. The lowest BCUT2D eigenvalue weighted by Crippen LogP contribution is -1.99. The van der Waals surface area contributed by atoms with Crippen LogP contribution < -0.4 is 0 Å². The fourth-order valence-corrected chi connectivity index (χ4v) is 2.19. The second-order valence-corrected chi connectivity index (χ2v) is 4.97. The summed E-state index contributed by atoms with van der Waals surface area (Å²) < 4.78 is 15.5. The van der Waals surface area contributed by atoms with Gasteiger partial charge in [-0.1, -0.05) is 41.9 Å². The second-order valence-electron chi connectivity index (χ2n) is 4.53. The molecule has 0 saturated carbocycles. The van der Waals surface area contributed by atoms with Crippen molar-refractivity contribution in [1.82, 2.24) is 9.78 Å². The minimum atomic E-state index is -0.237. The molecular weight excluding hydrogens is 275 g/mol. The van der Waals surface area contributed by atoms with E-state index in [0.717, 1.165) is 11.1 Å².